The first-order valence-electron chi connectivity index (χ1n) is 13.1. The van der Waals surface area contributed by atoms with Crippen LogP contribution in [0, 0.1) is 6.92 Å². The Morgan fingerprint density at radius 1 is 0.923 bits per heavy atom. The zero-order chi connectivity index (χ0) is 28.7. The van der Waals surface area contributed by atoms with Gasteiger partial charge in [0.1, 0.15) is 30.2 Å². The van der Waals surface area contributed by atoms with Crippen molar-refractivity contribution in [3.05, 3.63) is 65.0 Å². The number of ether oxygens (including phenoxy) is 2. The van der Waals surface area contributed by atoms with Gasteiger partial charge in [-0.1, -0.05) is 59.2 Å². The van der Waals surface area contributed by atoms with E-state index in [2.05, 4.69) is 65.9 Å². The smallest absolute Gasteiger partial charge is 0.226 e. The molecule has 0 saturated carbocycles. The molecule has 0 aliphatic heterocycles. The fraction of sp³-hybridized carbons (Fsp3) is 0.516. The molecule has 218 valence electrons. The second kappa shape index (κ2) is 14.7. The normalized spacial score (nSPS) is 13.0. The summed E-state index contributed by atoms with van der Waals surface area (Å²) < 4.78 is 17.6. The number of aromatic nitrogens is 1. The molecule has 2 atom stereocenters. The lowest BCUT2D eigenvalue weighted by Gasteiger charge is -2.29. The first-order chi connectivity index (χ1) is 17.6. The van der Waals surface area contributed by atoms with Crippen molar-refractivity contribution >= 4 is 12.4 Å². The van der Waals surface area contributed by atoms with Gasteiger partial charge >= 0.3 is 0 Å². The van der Waals surface area contributed by atoms with Crippen molar-refractivity contribution in [1.29, 1.82) is 0 Å². The van der Waals surface area contributed by atoms with Gasteiger partial charge in [-0.15, -0.1) is 12.4 Å². The summed E-state index contributed by atoms with van der Waals surface area (Å²) in [6.07, 6.45) is 1.16. The molecule has 7 nitrogen and oxygen atoms in total. The van der Waals surface area contributed by atoms with E-state index in [-0.39, 0.29) is 23.2 Å². The number of aliphatic hydroxyl groups excluding tert-OH is 2. The van der Waals surface area contributed by atoms with Gasteiger partial charge in [0, 0.05) is 23.1 Å². The van der Waals surface area contributed by atoms with Gasteiger partial charge < -0.3 is 24.1 Å². The minimum Gasteiger partial charge on any atom is -0.496 e. The van der Waals surface area contributed by atoms with Crippen molar-refractivity contribution in [3.8, 4) is 23.0 Å². The van der Waals surface area contributed by atoms with Crippen molar-refractivity contribution in [3.63, 3.8) is 0 Å². The molecule has 3 rings (SSSR count). The topological polar surface area (TPSA) is 97.0 Å². The van der Waals surface area contributed by atoms with Crippen LogP contribution in [0.3, 0.4) is 0 Å². The Labute approximate surface area is 240 Å². The Kier molecular flexibility index (Phi) is 13.0. The molecule has 0 aliphatic carbocycles. The molecule has 2 aromatic carbocycles. The third-order valence-corrected chi connectivity index (χ3v) is 5.84. The number of nitrogens with one attached hydrogen (secondary N) is 1. The van der Waals surface area contributed by atoms with E-state index in [4.69, 9.17) is 29.1 Å². The number of benzene rings is 2. The highest BCUT2D eigenvalue weighted by molar-refractivity contribution is 5.85. The van der Waals surface area contributed by atoms with E-state index >= 15 is 0 Å². The van der Waals surface area contributed by atoms with E-state index < -0.39 is 12.5 Å². The molecular weight excluding hydrogens is 516 g/mol. The molecule has 3 N–H and O–H groups in total. The zero-order valence-electron chi connectivity index (χ0n) is 25.1. The fourth-order valence-corrected chi connectivity index (χ4v) is 3.90. The molecule has 0 fully saturated rings. The molecule has 3 aromatic rings. The number of rotatable bonds is 8. The standard InChI is InChI=1S/C27H35NO3.C4H11NO2.ClH/c1-18-9-11-21(12-10-18)30-14-13-20-17-31-25(28-20)19-15-22(26(2,3)4)24(29-8)23(16-19)27(5,6)7;1-3(6)5-4(2)7;/h9-12,15-17H,13-14H2,1-8H3;3-7H,1-2H3;1H. The lowest BCUT2D eigenvalue weighted by Crippen LogP contribution is -2.33. The second-order valence-electron chi connectivity index (χ2n) is 11.7. The van der Waals surface area contributed by atoms with Crippen LogP contribution >= 0.6 is 12.4 Å². The number of nitrogens with zero attached hydrogens (tertiary/aromatic N) is 1. The van der Waals surface area contributed by atoms with Crippen LogP contribution in [-0.4, -0.2) is 41.4 Å². The van der Waals surface area contributed by atoms with E-state index in [9.17, 15) is 0 Å². The molecule has 0 radical (unpaired) electrons. The van der Waals surface area contributed by atoms with Crippen LogP contribution < -0.4 is 14.8 Å². The minimum atomic E-state index is -0.625. The highest BCUT2D eigenvalue weighted by atomic mass is 35.5. The summed E-state index contributed by atoms with van der Waals surface area (Å²) in [6.45, 7) is 18.9. The van der Waals surface area contributed by atoms with Crippen LogP contribution in [0.2, 0.25) is 0 Å². The molecular formula is C31H47ClN2O5. The number of oxazole rings is 1. The van der Waals surface area contributed by atoms with Gasteiger partial charge in [0.25, 0.3) is 0 Å². The maximum absolute atomic E-state index is 8.45. The maximum Gasteiger partial charge on any atom is 0.226 e. The average molecular weight is 563 g/mol. The number of methoxy groups -OCH3 is 1. The average Bonchev–Trinajstić information content (AvgIpc) is 3.27. The Bertz CT molecular complexity index is 1100. The van der Waals surface area contributed by atoms with E-state index in [0.29, 0.717) is 18.9 Å². The van der Waals surface area contributed by atoms with Gasteiger partial charge in [-0.3, -0.25) is 5.32 Å². The minimum absolute atomic E-state index is 0. The van der Waals surface area contributed by atoms with Gasteiger partial charge in [-0.2, -0.15) is 0 Å². The van der Waals surface area contributed by atoms with Gasteiger partial charge in [-0.25, -0.2) is 4.98 Å². The predicted octanol–water partition coefficient (Wildman–Crippen LogP) is 6.55. The molecule has 0 aliphatic rings. The second-order valence-corrected chi connectivity index (χ2v) is 11.7. The molecule has 0 spiro atoms. The van der Waals surface area contributed by atoms with Crippen LogP contribution in [0.1, 0.15) is 77.8 Å². The third-order valence-electron chi connectivity index (χ3n) is 5.84. The molecule has 1 heterocycles. The van der Waals surface area contributed by atoms with E-state index in [1.807, 2.05) is 24.3 Å². The van der Waals surface area contributed by atoms with Crippen LogP contribution in [0.25, 0.3) is 11.5 Å². The monoisotopic (exact) mass is 562 g/mol. The fourth-order valence-electron chi connectivity index (χ4n) is 3.90. The number of hydrogen-bond acceptors (Lipinski definition) is 7. The lowest BCUT2D eigenvalue weighted by atomic mass is 9.78. The Morgan fingerprint density at radius 3 is 1.85 bits per heavy atom. The van der Waals surface area contributed by atoms with Crippen LogP contribution in [-0.2, 0) is 17.3 Å². The maximum atomic E-state index is 8.45. The molecule has 8 heteroatoms. The van der Waals surface area contributed by atoms with Crippen molar-refractivity contribution in [1.82, 2.24) is 10.3 Å². The Hall–Kier alpha value is -2.58. The summed E-state index contributed by atoms with van der Waals surface area (Å²) in [5.74, 6) is 2.44. The Balaban J connectivity index is 0.000000841. The van der Waals surface area contributed by atoms with Crippen molar-refractivity contribution < 1.29 is 24.1 Å². The predicted molar refractivity (Wildman–Crippen MR) is 160 cm³/mol. The number of aryl methyl sites for hydroxylation is 1. The molecule has 0 saturated heterocycles. The molecule has 0 amide bonds. The van der Waals surface area contributed by atoms with Gasteiger partial charge in [-0.05, 0) is 55.9 Å². The Morgan fingerprint density at radius 2 is 1.44 bits per heavy atom. The number of aliphatic hydroxyl groups is 2. The zero-order valence-corrected chi connectivity index (χ0v) is 25.9. The summed E-state index contributed by atoms with van der Waals surface area (Å²) in [7, 11) is 1.75. The van der Waals surface area contributed by atoms with Crippen molar-refractivity contribution in [2.24, 2.45) is 0 Å². The van der Waals surface area contributed by atoms with Crippen LogP contribution in [0.15, 0.2) is 47.1 Å². The number of hydrogen-bond donors (Lipinski definition) is 3. The van der Waals surface area contributed by atoms with E-state index in [1.165, 1.54) is 5.56 Å². The van der Waals surface area contributed by atoms with Gasteiger partial charge in [0.05, 0.1) is 19.4 Å². The van der Waals surface area contributed by atoms with Crippen LogP contribution in [0.4, 0.5) is 0 Å². The third kappa shape index (κ3) is 10.8. The molecule has 0 bridgehead atoms. The summed E-state index contributed by atoms with van der Waals surface area (Å²) in [6, 6.07) is 12.4. The first-order valence-corrected chi connectivity index (χ1v) is 13.1. The van der Waals surface area contributed by atoms with Gasteiger partial charge in [0.2, 0.25) is 5.89 Å². The molecule has 2 unspecified atom stereocenters. The quantitative estimate of drug-likeness (QED) is 0.268. The molecule has 1 aromatic heterocycles. The summed E-state index contributed by atoms with van der Waals surface area (Å²) in [5, 5.41) is 19.3. The summed E-state index contributed by atoms with van der Waals surface area (Å²) in [4.78, 5) is 4.74. The molecule has 39 heavy (non-hydrogen) atoms. The van der Waals surface area contributed by atoms with E-state index in [0.717, 1.165) is 33.9 Å². The van der Waals surface area contributed by atoms with Crippen molar-refractivity contribution in [2.45, 2.75) is 92.0 Å². The first kappa shape index (κ1) is 34.4. The number of halogens is 1. The van der Waals surface area contributed by atoms with Crippen LogP contribution in [0.5, 0.6) is 11.5 Å². The summed E-state index contributed by atoms with van der Waals surface area (Å²) in [5.41, 5.74) is 5.24. The van der Waals surface area contributed by atoms with Crippen molar-refractivity contribution in [2.75, 3.05) is 13.7 Å². The largest absolute Gasteiger partial charge is 0.496 e. The SMILES string of the molecule is CC(O)NC(C)O.COc1c(C(C)(C)C)cc(-c2nc(CCOc3ccc(C)cc3)co2)cc1C(C)(C)C.Cl. The highest BCUT2D eigenvalue weighted by Crippen LogP contribution is 2.42. The highest BCUT2D eigenvalue weighted by Gasteiger charge is 2.28. The van der Waals surface area contributed by atoms with Gasteiger partial charge in [0.15, 0.2) is 0 Å². The van der Waals surface area contributed by atoms with E-state index in [1.54, 1.807) is 27.2 Å². The lowest BCUT2D eigenvalue weighted by molar-refractivity contribution is 0.0632. The summed E-state index contributed by atoms with van der Waals surface area (Å²) >= 11 is 0.